The van der Waals surface area contributed by atoms with Crippen LogP contribution in [0.15, 0.2) is 17.3 Å². The van der Waals surface area contributed by atoms with E-state index in [2.05, 4.69) is 19.0 Å². The molecule has 2 N–H and O–H groups in total. The van der Waals surface area contributed by atoms with E-state index < -0.39 is 0 Å². The second-order valence-electron chi connectivity index (χ2n) is 6.83. The summed E-state index contributed by atoms with van der Waals surface area (Å²) in [6.07, 6.45) is 2.38. The monoisotopic (exact) mass is 363 g/mol. The molecule has 0 aliphatic carbocycles. The van der Waals surface area contributed by atoms with Crippen molar-refractivity contribution in [2.24, 2.45) is 16.8 Å². The number of amidine groups is 1. The number of carbonyl (C=O) groups is 1. The number of nitrogens with two attached hydrogens (primary N) is 1. The lowest BCUT2D eigenvalue weighted by molar-refractivity contribution is -0.137. The molecular formula is C19H29N3O4. The fourth-order valence-electron chi connectivity index (χ4n) is 2.84. The third-order valence-corrected chi connectivity index (χ3v) is 4.42. The van der Waals surface area contributed by atoms with Gasteiger partial charge in [0.05, 0.1) is 14.2 Å². The number of oxime groups is 1. The Labute approximate surface area is 155 Å². The molecule has 0 bridgehead atoms. The average molecular weight is 363 g/mol. The predicted octanol–water partition coefficient (Wildman–Crippen LogP) is 2.31. The molecule has 26 heavy (non-hydrogen) atoms. The lowest BCUT2D eigenvalue weighted by Crippen LogP contribution is -2.38. The highest BCUT2D eigenvalue weighted by Gasteiger charge is 2.23. The number of benzene rings is 1. The zero-order valence-corrected chi connectivity index (χ0v) is 16.1. The smallest absolute Gasteiger partial charge is 0.263 e. The van der Waals surface area contributed by atoms with Crippen LogP contribution in [-0.2, 0) is 22.6 Å². The fraction of sp³-hybridized carbons (Fsp3) is 0.579. The molecule has 1 heterocycles. The molecule has 1 aromatic carbocycles. The fourth-order valence-corrected chi connectivity index (χ4v) is 2.84. The number of ether oxygens (including phenoxy) is 2. The summed E-state index contributed by atoms with van der Waals surface area (Å²) in [5, 5.41) is 3.84. The van der Waals surface area contributed by atoms with E-state index in [4.69, 9.17) is 20.0 Å². The first-order valence-electron chi connectivity index (χ1n) is 8.90. The van der Waals surface area contributed by atoms with Gasteiger partial charge in [-0.1, -0.05) is 19.0 Å². The Bertz CT molecular complexity index is 658. The Morgan fingerprint density at radius 1 is 1.23 bits per heavy atom. The molecule has 1 aliphatic heterocycles. The number of methoxy groups -OCH3 is 2. The molecule has 0 unspecified atom stereocenters. The summed E-state index contributed by atoms with van der Waals surface area (Å²) in [5.41, 5.74) is 8.01. The number of hydrogen-bond donors (Lipinski definition) is 1. The summed E-state index contributed by atoms with van der Waals surface area (Å²) in [5.74, 6) is 2.24. The maximum Gasteiger partial charge on any atom is 0.263 e. The summed E-state index contributed by atoms with van der Waals surface area (Å²) in [7, 11) is 3.22. The van der Waals surface area contributed by atoms with Gasteiger partial charge in [-0.05, 0) is 42.0 Å². The molecule has 7 nitrogen and oxygen atoms in total. The van der Waals surface area contributed by atoms with Crippen molar-refractivity contribution in [3.8, 4) is 11.5 Å². The van der Waals surface area contributed by atoms with E-state index in [0.717, 1.165) is 18.4 Å². The molecule has 1 aliphatic rings. The number of hydrogen-bond acceptors (Lipinski definition) is 5. The van der Waals surface area contributed by atoms with Crippen LogP contribution in [-0.4, -0.2) is 44.0 Å². The van der Waals surface area contributed by atoms with E-state index in [1.54, 1.807) is 19.1 Å². The van der Waals surface area contributed by atoms with Crippen LogP contribution in [0.5, 0.6) is 11.5 Å². The minimum Gasteiger partial charge on any atom is -0.493 e. The molecule has 0 radical (unpaired) electrons. The van der Waals surface area contributed by atoms with Crippen LogP contribution in [0, 0.1) is 5.92 Å². The van der Waals surface area contributed by atoms with Crippen LogP contribution >= 0.6 is 0 Å². The zero-order chi connectivity index (χ0) is 19.1. The van der Waals surface area contributed by atoms with Crippen molar-refractivity contribution in [3.63, 3.8) is 0 Å². The van der Waals surface area contributed by atoms with Gasteiger partial charge < -0.3 is 24.9 Å². The molecule has 0 spiro atoms. The third-order valence-electron chi connectivity index (χ3n) is 4.42. The average Bonchev–Trinajstić information content (AvgIpc) is 2.64. The van der Waals surface area contributed by atoms with Crippen LogP contribution in [0.1, 0.15) is 37.8 Å². The van der Waals surface area contributed by atoms with Gasteiger partial charge in [0, 0.05) is 19.5 Å². The maximum atomic E-state index is 12.4. The summed E-state index contributed by atoms with van der Waals surface area (Å²) >= 11 is 0. The standard InChI is InChI=1S/C19H29N3O4/c1-13(2)5-6-18(20)21-26-12-19(23)22-8-7-14-9-16(24-3)17(25-4)10-15(14)11-22/h9-10,13H,5-8,11-12H2,1-4H3,(H2,20,21). The normalized spacial score (nSPS) is 14.2. The second kappa shape index (κ2) is 9.31. The van der Waals surface area contributed by atoms with Crippen LogP contribution in [0.3, 0.4) is 0 Å². The Morgan fingerprint density at radius 3 is 2.50 bits per heavy atom. The molecule has 0 saturated carbocycles. The molecular weight excluding hydrogens is 334 g/mol. The lowest BCUT2D eigenvalue weighted by atomic mass is 9.99. The summed E-state index contributed by atoms with van der Waals surface area (Å²) in [4.78, 5) is 19.3. The van der Waals surface area contributed by atoms with Crippen molar-refractivity contribution >= 4 is 11.7 Å². The Morgan fingerprint density at radius 2 is 1.88 bits per heavy atom. The van der Waals surface area contributed by atoms with Gasteiger partial charge in [-0.25, -0.2) is 0 Å². The number of nitrogens with zero attached hydrogens (tertiary/aromatic N) is 2. The molecule has 144 valence electrons. The van der Waals surface area contributed by atoms with Gasteiger partial charge in [0.2, 0.25) is 0 Å². The van der Waals surface area contributed by atoms with Gasteiger partial charge in [0.25, 0.3) is 5.91 Å². The minimum atomic E-state index is -0.106. The summed E-state index contributed by atoms with van der Waals surface area (Å²) in [6.45, 7) is 5.29. The van der Waals surface area contributed by atoms with E-state index in [9.17, 15) is 4.79 Å². The van der Waals surface area contributed by atoms with Crippen molar-refractivity contribution in [3.05, 3.63) is 23.3 Å². The van der Waals surface area contributed by atoms with Crippen LogP contribution in [0.4, 0.5) is 0 Å². The van der Waals surface area contributed by atoms with Crippen LogP contribution < -0.4 is 15.2 Å². The first-order valence-corrected chi connectivity index (χ1v) is 8.90. The molecule has 0 atom stereocenters. The molecule has 0 saturated heterocycles. The largest absolute Gasteiger partial charge is 0.493 e. The van der Waals surface area contributed by atoms with Gasteiger partial charge >= 0.3 is 0 Å². The topological polar surface area (TPSA) is 86.4 Å². The molecule has 1 aromatic rings. The number of amides is 1. The van der Waals surface area contributed by atoms with Gasteiger partial charge in [-0.3, -0.25) is 4.79 Å². The summed E-state index contributed by atoms with van der Waals surface area (Å²) < 4.78 is 10.7. The molecule has 1 amide bonds. The van der Waals surface area contributed by atoms with Gasteiger partial charge in [0.1, 0.15) is 5.84 Å². The zero-order valence-electron chi connectivity index (χ0n) is 16.1. The third kappa shape index (κ3) is 5.28. The highest BCUT2D eigenvalue weighted by molar-refractivity contribution is 5.80. The lowest BCUT2D eigenvalue weighted by Gasteiger charge is -2.29. The van der Waals surface area contributed by atoms with E-state index in [1.165, 1.54) is 5.56 Å². The van der Waals surface area contributed by atoms with Crippen LogP contribution in [0.25, 0.3) is 0 Å². The first-order chi connectivity index (χ1) is 12.4. The van der Waals surface area contributed by atoms with E-state index in [-0.39, 0.29) is 12.5 Å². The van der Waals surface area contributed by atoms with Gasteiger partial charge in [-0.2, -0.15) is 0 Å². The SMILES string of the molecule is COc1cc2c(cc1OC)CN(C(=O)CO/N=C(\N)CCC(C)C)CC2. The van der Waals surface area contributed by atoms with E-state index in [0.29, 0.717) is 42.8 Å². The highest BCUT2D eigenvalue weighted by Crippen LogP contribution is 2.33. The second-order valence-corrected chi connectivity index (χ2v) is 6.83. The Balaban J connectivity index is 1.91. The number of fused-ring (bicyclic) bond motifs is 1. The summed E-state index contributed by atoms with van der Waals surface area (Å²) in [6, 6.07) is 3.91. The predicted molar refractivity (Wildman–Crippen MR) is 100 cm³/mol. The van der Waals surface area contributed by atoms with Gasteiger partial charge in [0.15, 0.2) is 18.1 Å². The van der Waals surface area contributed by atoms with Crippen LogP contribution in [0.2, 0.25) is 0 Å². The molecule has 0 aromatic heterocycles. The molecule has 2 rings (SSSR count). The van der Waals surface area contributed by atoms with Crippen molar-refractivity contribution in [2.75, 3.05) is 27.4 Å². The highest BCUT2D eigenvalue weighted by atomic mass is 16.6. The number of carbonyl (C=O) groups excluding carboxylic acids is 1. The Hall–Kier alpha value is -2.44. The first kappa shape index (κ1) is 19.9. The quantitative estimate of drug-likeness (QED) is 0.435. The molecule has 7 heteroatoms. The maximum absolute atomic E-state index is 12.4. The minimum absolute atomic E-state index is 0.106. The van der Waals surface area contributed by atoms with Crippen molar-refractivity contribution in [1.29, 1.82) is 0 Å². The van der Waals surface area contributed by atoms with Gasteiger partial charge in [-0.15, -0.1) is 0 Å². The number of rotatable bonds is 8. The van der Waals surface area contributed by atoms with E-state index in [1.807, 2.05) is 12.1 Å². The van der Waals surface area contributed by atoms with Crippen molar-refractivity contribution < 1.29 is 19.1 Å². The molecule has 0 fully saturated rings. The van der Waals surface area contributed by atoms with Crippen molar-refractivity contribution in [2.45, 2.75) is 39.7 Å². The van der Waals surface area contributed by atoms with E-state index >= 15 is 0 Å². The van der Waals surface area contributed by atoms with Crippen molar-refractivity contribution in [1.82, 2.24) is 4.90 Å². The Kier molecular flexibility index (Phi) is 7.12.